The third-order valence-electron chi connectivity index (χ3n) is 5.07. The number of amides is 2. The number of benzene rings is 2. The summed E-state index contributed by atoms with van der Waals surface area (Å²) in [6.45, 7) is 4.20. The molecule has 3 rings (SSSR count). The van der Waals surface area contributed by atoms with Gasteiger partial charge in [-0.1, -0.05) is 19.9 Å². The van der Waals surface area contributed by atoms with E-state index in [0.29, 0.717) is 35.3 Å². The highest BCUT2D eigenvalue weighted by molar-refractivity contribution is 5.98. The molecule has 9 nitrogen and oxygen atoms in total. The van der Waals surface area contributed by atoms with Gasteiger partial charge in [0.2, 0.25) is 18.4 Å². The lowest BCUT2D eigenvalue weighted by Gasteiger charge is -2.22. The summed E-state index contributed by atoms with van der Waals surface area (Å²) < 4.78 is 26.6. The quantitative estimate of drug-likeness (QED) is 0.612. The molecular weight excluding hydrogens is 416 g/mol. The predicted molar refractivity (Wildman–Crippen MR) is 117 cm³/mol. The minimum Gasteiger partial charge on any atom is -0.493 e. The molecule has 0 spiro atoms. The summed E-state index contributed by atoms with van der Waals surface area (Å²) in [5.41, 5.74) is 1.15. The first-order chi connectivity index (χ1) is 15.4. The number of ether oxygens (including phenoxy) is 5. The summed E-state index contributed by atoms with van der Waals surface area (Å²) in [6.07, 6.45) is 0. The molecule has 32 heavy (non-hydrogen) atoms. The summed E-state index contributed by atoms with van der Waals surface area (Å²) in [7, 11) is 4.43. The van der Waals surface area contributed by atoms with Gasteiger partial charge in [-0.05, 0) is 35.7 Å². The van der Waals surface area contributed by atoms with E-state index in [1.807, 2.05) is 26.0 Å². The maximum Gasteiger partial charge on any atom is 0.252 e. The molecule has 2 aromatic rings. The van der Waals surface area contributed by atoms with E-state index in [2.05, 4.69) is 10.6 Å². The van der Waals surface area contributed by atoms with Gasteiger partial charge in [-0.25, -0.2) is 0 Å². The number of carbonyl (C=O) groups excluding carboxylic acids is 2. The number of rotatable bonds is 9. The Morgan fingerprint density at radius 2 is 1.62 bits per heavy atom. The molecule has 0 bridgehead atoms. The van der Waals surface area contributed by atoms with Gasteiger partial charge in [-0.15, -0.1) is 0 Å². The molecule has 2 N–H and O–H groups in total. The van der Waals surface area contributed by atoms with E-state index in [1.165, 1.54) is 21.3 Å². The van der Waals surface area contributed by atoms with Crippen LogP contribution in [-0.2, 0) is 11.3 Å². The van der Waals surface area contributed by atoms with Crippen LogP contribution in [0, 0.1) is 5.92 Å². The van der Waals surface area contributed by atoms with Gasteiger partial charge in [-0.3, -0.25) is 9.59 Å². The van der Waals surface area contributed by atoms with E-state index in [0.717, 1.165) is 5.56 Å². The van der Waals surface area contributed by atoms with Crippen LogP contribution in [-0.4, -0.2) is 46.0 Å². The summed E-state index contributed by atoms with van der Waals surface area (Å²) >= 11 is 0. The van der Waals surface area contributed by atoms with Crippen LogP contribution in [0.4, 0.5) is 0 Å². The SMILES string of the molecule is COc1cc(C(=O)N[C@@H](C(=O)NCc2ccc3c(c2)OCO3)C(C)C)cc(OC)c1OC. The van der Waals surface area contributed by atoms with Crippen molar-refractivity contribution in [2.75, 3.05) is 28.1 Å². The Hall–Kier alpha value is -3.62. The molecule has 2 aromatic carbocycles. The molecule has 0 aromatic heterocycles. The first-order valence-corrected chi connectivity index (χ1v) is 10.1. The van der Waals surface area contributed by atoms with Gasteiger partial charge >= 0.3 is 0 Å². The highest BCUT2D eigenvalue weighted by Crippen LogP contribution is 2.38. The normalized spacial score (nSPS) is 12.8. The maximum absolute atomic E-state index is 12.9. The lowest BCUT2D eigenvalue weighted by Crippen LogP contribution is -2.49. The average molecular weight is 444 g/mol. The number of methoxy groups -OCH3 is 3. The van der Waals surface area contributed by atoms with E-state index in [9.17, 15) is 9.59 Å². The Bertz CT molecular complexity index is 965. The fourth-order valence-corrected chi connectivity index (χ4v) is 3.32. The van der Waals surface area contributed by atoms with Gasteiger partial charge in [0.15, 0.2) is 23.0 Å². The Kier molecular flexibility index (Phi) is 7.29. The van der Waals surface area contributed by atoms with Crippen LogP contribution in [0.5, 0.6) is 28.7 Å². The first-order valence-electron chi connectivity index (χ1n) is 10.1. The maximum atomic E-state index is 12.9. The second kappa shape index (κ2) is 10.1. The number of hydrogen-bond acceptors (Lipinski definition) is 7. The van der Waals surface area contributed by atoms with Gasteiger partial charge in [0.25, 0.3) is 5.91 Å². The standard InChI is InChI=1S/C23H28N2O7/c1-13(2)20(23(27)24-11-14-6-7-16-17(8-14)32-12-31-16)25-22(26)15-9-18(28-3)21(30-5)19(10-15)29-4/h6-10,13,20H,11-12H2,1-5H3,(H,24,27)(H,25,26)/t20-/m1/s1. The molecule has 9 heteroatoms. The highest BCUT2D eigenvalue weighted by Gasteiger charge is 2.26. The molecule has 0 unspecified atom stereocenters. The van der Waals surface area contributed by atoms with Gasteiger partial charge in [0, 0.05) is 12.1 Å². The molecule has 2 amide bonds. The Morgan fingerprint density at radius 3 is 2.22 bits per heavy atom. The molecule has 0 saturated carbocycles. The van der Waals surface area contributed by atoms with Crippen molar-refractivity contribution in [2.24, 2.45) is 5.92 Å². The van der Waals surface area contributed by atoms with Crippen LogP contribution in [0.1, 0.15) is 29.8 Å². The molecule has 1 heterocycles. The second-order valence-corrected chi connectivity index (χ2v) is 7.51. The van der Waals surface area contributed by atoms with Crippen molar-refractivity contribution in [2.45, 2.75) is 26.4 Å². The van der Waals surface area contributed by atoms with Crippen molar-refractivity contribution in [1.82, 2.24) is 10.6 Å². The van der Waals surface area contributed by atoms with Crippen LogP contribution in [0.25, 0.3) is 0 Å². The van der Waals surface area contributed by atoms with Crippen LogP contribution in [0.3, 0.4) is 0 Å². The monoisotopic (exact) mass is 444 g/mol. The van der Waals surface area contributed by atoms with Crippen LogP contribution in [0.2, 0.25) is 0 Å². The van der Waals surface area contributed by atoms with Crippen LogP contribution in [0.15, 0.2) is 30.3 Å². The lowest BCUT2D eigenvalue weighted by atomic mass is 10.0. The fourth-order valence-electron chi connectivity index (χ4n) is 3.32. The fraction of sp³-hybridized carbons (Fsp3) is 0.391. The number of carbonyl (C=O) groups is 2. The van der Waals surface area contributed by atoms with Crippen molar-refractivity contribution in [3.63, 3.8) is 0 Å². The predicted octanol–water partition coefficient (Wildman–Crippen LogP) is 2.51. The summed E-state index contributed by atoms with van der Waals surface area (Å²) in [4.78, 5) is 25.8. The zero-order valence-corrected chi connectivity index (χ0v) is 18.8. The van der Waals surface area contributed by atoms with Crippen LogP contribution >= 0.6 is 0 Å². The van der Waals surface area contributed by atoms with Gasteiger partial charge < -0.3 is 34.3 Å². The molecule has 172 valence electrons. The summed E-state index contributed by atoms with van der Waals surface area (Å²) in [6, 6.07) is 7.82. The topological polar surface area (TPSA) is 104 Å². The largest absolute Gasteiger partial charge is 0.493 e. The van der Waals surface area contributed by atoms with Crippen LogP contribution < -0.4 is 34.3 Å². The third kappa shape index (κ3) is 4.99. The molecule has 0 saturated heterocycles. The zero-order chi connectivity index (χ0) is 23.3. The minimum atomic E-state index is -0.740. The van der Waals surface area contributed by atoms with Crippen molar-refractivity contribution < 1.29 is 33.3 Å². The van der Waals surface area contributed by atoms with E-state index >= 15 is 0 Å². The number of fused-ring (bicyclic) bond motifs is 1. The Labute approximate surface area is 186 Å². The van der Waals surface area contributed by atoms with Crippen molar-refractivity contribution >= 4 is 11.8 Å². The zero-order valence-electron chi connectivity index (χ0n) is 18.8. The van der Waals surface area contributed by atoms with E-state index < -0.39 is 11.9 Å². The highest BCUT2D eigenvalue weighted by atomic mass is 16.7. The third-order valence-corrected chi connectivity index (χ3v) is 5.07. The molecule has 1 atom stereocenters. The van der Waals surface area contributed by atoms with Gasteiger partial charge in [-0.2, -0.15) is 0 Å². The smallest absolute Gasteiger partial charge is 0.252 e. The average Bonchev–Trinajstić information content (AvgIpc) is 3.27. The first kappa shape index (κ1) is 23.1. The second-order valence-electron chi connectivity index (χ2n) is 7.51. The van der Waals surface area contributed by atoms with Gasteiger partial charge in [0.1, 0.15) is 6.04 Å². The lowest BCUT2D eigenvalue weighted by molar-refractivity contribution is -0.124. The molecule has 0 fully saturated rings. The van der Waals surface area contributed by atoms with E-state index in [-0.39, 0.29) is 24.2 Å². The van der Waals surface area contributed by atoms with E-state index in [4.69, 9.17) is 23.7 Å². The van der Waals surface area contributed by atoms with E-state index in [1.54, 1.807) is 18.2 Å². The Balaban J connectivity index is 1.70. The van der Waals surface area contributed by atoms with Crippen molar-refractivity contribution in [3.05, 3.63) is 41.5 Å². The Morgan fingerprint density at radius 1 is 0.969 bits per heavy atom. The molecule has 1 aliphatic heterocycles. The molecular formula is C23H28N2O7. The van der Waals surface area contributed by atoms with Crippen molar-refractivity contribution in [1.29, 1.82) is 0 Å². The van der Waals surface area contributed by atoms with Gasteiger partial charge in [0.05, 0.1) is 21.3 Å². The molecule has 0 radical (unpaired) electrons. The summed E-state index contributed by atoms with van der Waals surface area (Å²) in [5, 5.41) is 5.68. The van der Waals surface area contributed by atoms with Crippen molar-refractivity contribution in [3.8, 4) is 28.7 Å². The molecule has 1 aliphatic rings. The minimum absolute atomic E-state index is 0.141. The number of hydrogen-bond donors (Lipinski definition) is 2. The summed E-state index contributed by atoms with van der Waals surface area (Å²) in [5.74, 6) is 1.55. The molecule has 0 aliphatic carbocycles. The number of nitrogens with one attached hydrogen (secondary N) is 2.